The van der Waals surface area contributed by atoms with Gasteiger partial charge in [0.1, 0.15) is 0 Å². The fourth-order valence-corrected chi connectivity index (χ4v) is 2.91. The molecule has 0 saturated carbocycles. The number of rotatable bonds is 3. The van der Waals surface area contributed by atoms with Gasteiger partial charge in [-0.3, -0.25) is 4.79 Å². The molecular formula is C14H18O2. The Hall–Kier alpha value is -1.31. The van der Waals surface area contributed by atoms with Gasteiger partial charge in [0.15, 0.2) is 0 Å². The molecule has 86 valence electrons. The lowest BCUT2D eigenvalue weighted by Gasteiger charge is -2.27. The Kier molecular flexibility index (Phi) is 2.75. The van der Waals surface area contributed by atoms with Gasteiger partial charge in [0.2, 0.25) is 0 Å². The zero-order chi connectivity index (χ0) is 11.8. The second kappa shape index (κ2) is 3.93. The Morgan fingerprint density at radius 3 is 2.75 bits per heavy atom. The lowest BCUT2D eigenvalue weighted by atomic mass is 9.75. The standard InChI is InChI=1S/C14H18O2/c1-10(2)9-14(13(15)16)8-7-11-5-3-4-6-12(11)14/h3-6,10H,7-9H2,1-2H3,(H,15,16). The number of hydrogen-bond acceptors (Lipinski definition) is 1. The molecule has 0 aliphatic heterocycles. The number of carboxylic acids is 1. The van der Waals surface area contributed by atoms with Crippen LogP contribution in [0.25, 0.3) is 0 Å². The number of carboxylic acid groups (broad SMARTS) is 1. The van der Waals surface area contributed by atoms with Crippen molar-refractivity contribution in [3.05, 3.63) is 35.4 Å². The number of aryl methyl sites for hydroxylation is 1. The maximum atomic E-state index is 11.6. The van der Waals surface area contributed by atoms with Crippen LogP contribution in [0.3, 0.4) is 0 Å². The van der Waals surface area contributed by atoms with Crippen molar-refractivity contribution in [2.75, 3.05) is 0 Å². The molecule has 1 atom stereocenters. The minimum Gasteiger partial charge on any atom is -0.481 e. The summed E-state index contributed by atoms with van der Waals surface area (Å²) in [6, 6.07) is 7.98. The van der Waals surface area contributed by atoms with Gasteiger partial charge in [-0.15, -0.1) is 0 Å². The van der Waals surface area contributed by atoms with Crippen molar-refractivity contribution in [1.82, 2.24) is 0 Å². The van der Waals surface area contributed by atoms with Crippen LogP contribution >= 0.6 is 0 Å². The highest BCUT2D eigenvalue weighted by Crippen LogP contribution is 2.43. The zero-order valence-corrected chi connectivity index (χ0v) is 9.86. The number of benzene rings is 1. The summed E-state index contributed by atoms with van der Waals surface area (Å²) in [6.45, 7) is 4.18. The second-order valence-corrected chi connectivity index (χ2v) is 5.14. The summed E-state index contributed by atoms with van der Waals surface area (Å²) in [7, 11) is 0. The van der Waals surface area contributed by atoms with Crippen molar-refractivity contribution in [2.24, 2.45) is 5.92 Å². The van der Waals surface area contributed by atoms with Crippen LogP contribution in [0.15, 0.2) is 24.3 Å². The maximum absolute atomic E-state index is 11.6. The lowest BCUT2D eigenvalue weighted by Crippen LogP contribution is -2.34. The molecule has 0 bridgehead atoms. The molecule has 0 amide bonds. The highest BCUT2D eigenvalue weighted by Gasteiger charge is 2.45. The third-order valence-corrected chi connectivity index (χ3v) is 3.52. The highest BCUT2D eigenvalue weighted by molar-refractivity contribution is 5.83. The van der Waals surface area contributed by atoms with E-state index in [0.717, 1.165) is 24.8 Å². The zero-order valence-electron chi connectivity index (χ0n) is 9.86. The van der Waals surface area contributed by atoms with Crippen LogP contribution in [-0.4, -0.2) is 11.1 Å². The summed E-state index contributed by atoms with van der Waals surface area (Å²) in [5.41, 5.74) is 1.62. The van der Waals surface area contributed by atoms with Crippen molar-refractivity contribution >= 4 is 5.97 Å². The van der Waals surface area contributed by atoms with E-state index in [1.54, 1.807) is 0 Å². The van der Waals surface area contributed by atoms with Crippen LogP contribution in [0.4, 0.5) is 0 Å². The van der Waals surface area contributed by atoms with Crippen LogP contribution in [0.5, 0.6) is 0 Å². The van der Waals surface area contributed by atoms with E-state index in [-0.39, 0.29) is 0 Å². The minimum atomic E-state index is -0.661. The summed E-state index contributed by atoms with van der Waals surface area (Å²) in [4.78, 5) is 11.6. The first kappa shape index (κ1) is 11.2. The first-order chi connectivity index (χ1) is 7.56. The van der Waals surface area contributed by atoms with E-state index < -0.39 is 11.4 Å². The smallest absolute Gasteiger partial charge is 0.314 e. The van der Waals surface area contributed by atoms with E-state index in [9.17, 15) is 9.90 Å². The van der Waals surface area contributed by atoms with Crippen molar-refractivity contribution < 1.29 is 9.90 Å². The maximum Gasteiger partial charge on any atom is 0.314 e. The number of carbonyl (C=O) groups is 1. The van der Waals surface area contributed by atoms with Gasteiger partial charge in [-0.25, -0.2) is 0 Å². The summed E-state index contributed by atoms with van der Waals surface area (Å²) >= 11 is 0. The summed E-state index contributed by atoms with van der Waals surface area (Å²) in [6.07, 6.45) is 2.38. The quantitative estimate of drug-likeness (QED) is 0.846. The Morgan fingerprint density at radius 1 is 1.44 bits per heavy atom. The second-order valence-electron chi connectivity index (χ2n) is 5.14. The molecule has 0 heterocycles. The number of hydrogen-bond donors (Lipinski definition) is 1. The molecule has 2 heteroatoms. The number of aliphatic carboxylic acids is 1. The van der Waals surface area contributed by atoms with E-state index in [1.165, 1.54) is 5.56 Å². The van der Waals surface area contributed by atoms with Gasteiger partial charge in [0.25, 0.3) is 0 Å². The first-order valence-corrected chi connectivity index (χ1v) is 5.88. The van der Waals surface area contributed by atoms with Crippen molar-refractivity contribution in [2.45, 2.75) is 38.5 Å². The third-order valence-electron chi connectivity index (χ3n) is 3.52. The van der Waals surface area contributed by atoms with Crippen LogP contribution in [0.2, 0.25) is 0 Å². The van der Waals surface area contributed by atoms with Gasteiger partial charge in [-0.2, -0.15) is 0 Å². The summed E-state index contributed by atoms with van der Waals surface area (Å²) in [5.74, 6) is -0.256. The largest absolute Gasteiger partial charge is 0.481 e. The molecule has 1 aromatic rings. The average Bonchev–Trinajstić information content (AvgIpc) is 2.58. The van der Waals surface area contributed by atoms with Gasteiger partial charge in [-0.05, 0) is 36.3 Å². The lowest BCUT2D eigenvalue weighted by molar-refractivity contribution is -0.144. The molecule has 0 spiro atoms. The molecule has 16 heavy (non-hydrogen) atoms. The minimum absolute atomic E-state index is 0.405. The van der Waals surface area contributed by atoms with Gasteiger partial charge in [0, 0.05) is 0 Å². The van der Waals surface area contributed by atoms with E-state index in [2.05, 4.69) is 19.9 Å². The van der Waals surface area contributed by atoms with E-state index in [1.807, 2.05) is 18.2 Å². The molecule has 1 aliphatic rings. The topological polar surface area (TPSA) is 37.3 Å². The molecule has 1 unspecified atom stereocenters. The Balaban J connectivity index is 2.47. The molecule has 2 nitrogen and oxygen atoms in total. The SMILES string of the molecule is CC(C)CC1(C(=O)O)CCc2ccccc21. The monoisotopic (exact) mass is 218 g/mol. The molecule has 2 rings (SSSR count). The van der Waals surface area contributed by atoms with Crippen LogP contribution in [-0.2, 0) is 16.6 Å². The molecule has 0 aromatic heterocycles. The molecule has 1 aromatic carbocycles. The predicted molar refractivity (Wildman–Crippen MR) is 63.5 cm³/mol. The summed E-state index contributed by atoms with van der Waals surface area (Å²) in [5, 5.41) is 9.56. The van der Waals surface area contributed by atoms with Gasteiger partial charge in [-0.1, -0.05) is 38.1 Å². The normalized spacial score (nSPS) is 23.4. The van der Waals surface area contributed by atoms with Gasteiger partial charge < -0.3 is 5.11 Å². The van der Waals surface area contributed by atoms with E-state index in [4.69, 9.17) is 0 Å². The average molecular weight is 218 g/mol. The predicted octanol–water partition coefficient (Wildman–Crippen LogP) is 3.00. The third kappa shape index (κ3) is 1.62. The van der Waals surface area contributed by atoms with Crippen LogP contribution in [0.1, 0.15) is 37.8 Å². The molecule has 0 fully saturated rings. The molecule has 0 radical (unpaired) electrons. The van der Waals surface area contributed by atoms with Crippen molar-refractivity contribution in [1.29, 1.82) is 0 Å². The highest BCUT2D eigenvalue weighted by atomic mass is 16.4. The molecule has 1 aliphatic carbocycles. The first-order valence-electron chi connectivity index (χ1n) is 5.88. The van der Waals surface area contributed by atoms with E-state index in [0.29, 0.717) is 5.92 Å². The van der Waals surface area contributed by atoms with Gasteiger partial charge >= 0.3 is 5.97 Å². The molecule has 1 N–H and O–H groups in total. The van der Waals surface area contributed by atoms with Crippen LogP contribution in [0, 0.1) is 5.92 Å². The van der Waals surface area contributed by atoms with Crippen molar-refractivity contribution in [3.63, 3.8) is 0 Å². The molecular weight excluding hydrogens is 200 g/mol. The fraction of sp³-hybridized carbons (Fsp3) is 0.500. The van der Waals surface area contributed by atoms with Gasteiger partial charge in [0.05, 0.1) is 5.41 Å². The van der Waals surface area contributed by atoms with Crippen LogP contribution < -0.4 is 0 Å². The summed E-state index contributed by atoms with van der Waals surface area (Å²) < 4.78 is 0. The Labute approximate surface area is 96.3 Å². The van der Waals surface area contributed by atoms with E-state index >= 15 is 0 Å². The Morgan fingerprint density at radius 2 is 2.12 bits per heavy atom. The fourth-order valence-electron chi connectivity index (χ4n) is 2.91. The molecule has 0 saturated heterocycles. The number of fused-ring (bicyclic) bond motifs is 1. The Bertz CT molecular complexity index is 409. The van der Waals surface area contributed by atoms with Crippen molar-refractivity contribution in [3.8, 4) is 0 Å².